The van der Waals surface area contributed by atoms with Crippen molar-refractivity contribution in [3.8, 4) is 5.75 Å². The van der Waals surface area contributed by atoms with Gasteiger partial charge in [0.1, 0.15) is 11.6 Å². The van der Waals surface area contributed by atoms with E-state index in [2.05, 4.69) is 10.0 Å². The average molecular weight is 336 g/mol. The Morgan fingerprint density at radius 2 is 2.00 bits per heavy atom. The standard InChI is InChI=1S/C16H17FN2O3S/c1-22-16-9-13(17)3-5-15(16)19-23(20,21)14-4-2-12-10-18-7-6-11(12)8-14/h2-5,8-9,18-19H,6-7,10H2,1H3. The molecule has 122 valence electrons. The van der Waals surface area contributed by atoms with Gasteiger partial charge in [0.15, 0.2) is 0 Å². The van der Waals surface area contributed by atoms with Gasteiger partial charge in [-0.3, -0.25) is 4.72 Å². The summed E-state index contributed by atoms with van der Waals surface area (Å²) in [7, 11) is -2.41. The summed E-state index contributed by atoms with van der Waals surface area (Å²) >= 11 is 0. The Bertz CT molecular complexity index is 837. The number of rotatable bonds is 4. The second-order valence-corrected chi connectivity index (χ2v) is 6.99. The summed E-state index contributed by atoms with van der Waals surface area (Å²) in [5.74, 6) is -0.359. The molecule has 0 fully saturated rings. The number of methoxy groups -OCH3 is 1. The number of hydrogen-bond acceptors (Lipinski definition) is 4. The molecule has 0 atom stereocenters. The van der Waals surface area contributed by atoms with Gasteiger partial charge in [0.05, 0.1) is 17.7 Å². The summed E-state index contributed by atoms with van der Waals surface area (Å²) in [5, 5.41) is 3.24. The lowest BCUT2D eigenvalue weighted by atomic mass is 10.0. The predicted molar refractivity (Wildman–Crippen MR) is 85.6 cm³/mol. The molecule has 1 aliphatic heterocycles. The predicted octanol–water partition coefficient (Wildman–Crippen LogP) is 2.28. The molecule has 5 nitrogen and oxygen atoms in total. The first-order valence-corrected chi connectivity index (χ1v) is 8.67. The number of benzene rings is 2. The maximum atomic E-state index is 13.2. The molecule has 0 radical (unpaired) electrons. The van der Waals surface area contributed by atoms with E-state index < -0.39 is 15.8 Å². The van der Waals surface area contributed by atoms with Crippen molar-refractivity contribution in [2.24, 2.45) is 0 Å². The highest BCUT2D eigenvalue weighted by molar-refractivity contribution is 7.92. The van der Waals surface area contributed by atoms with Crippen molar-refractivity contribution in [3.63, 3.8) is 0 Å². The van der Waals surface area contributed by atoms with Crippen LogP contribution in [0, 0.1) is 5.82 Å². The SMILES string of the molecule is COc1cc(F)ccc1NS(=O)(=O)c1ccc2c(c1)CCNC2. The largest absolute Gasteiger partial charge is 0.494 e. The molecule has 0 saturated carbocycles. The molecule has 2 aromatic rings. The normalized spacial score (nSPS) is 14.2. The van der Waals surface area contributed by atoms with Gasteiger partial charge in [-0.1, -0.05) is 6.07 Å². The Morgan fingerprint density at radius 1 is 1.17 bits per heavy atom. The Morgan fingerprint density at radius 3 is 2.78 bits per heavy atom. The quantitative estimate of drug-likeness (QED) is 0.899. The topological polar surface area (TPSA) is 67.4 Å². The molecular weight excluding hydrogens is 319 g/mol. The van der Waals surface area contributed by atoms with E-state index in [0.717, 1.165) is 36.7 Å². The zero-order valence-corrected chi connectivity index (χ0v) is 13.4. The third-order valence-electron chi connectivity index (χ3n) is 3.78. The van der Waals surface area contributed by atoms with Crippen LogP contribution in [0.2, 0.25) is 0 Å². The van der Waals surface area contributed by atoms with E-state index in [1.165, 1.54) is 19.2 Å². The number of hydrogen-bond donors (Lipinski definition) is 2. The summed E-state index contributed by atoms with van der Waals surface area (Å²) in [6.07, 6.45) is 0.790. The van der Waals surface area contributed by atoms with Crippen molar-refractivity contribution in [2.45, 2.75) is 17.9 Å². The lowest BCUT2D eigenvalue weighted by Crippen LogP contribution is -2.24. The molecular formula is C16H17FN2O3S. The number of nitrogens with one attached hydrogen (secondary N) is 2. The molecule has 3 rings (SSSR count). The minimum Gasteiger partial charge on any atom is -0.494 e. The van der Waals surface area contributed by atoms with Crippen molar-refractivity contribution in [1.29, 1.82) is 0 Å². The highest BCUT2D eigenvalue weighted by Gasteiger charge is 2.19. The van der Waals surface area contributed by atoms with Gasteiger partial charge in [-0.15, -0.1) is 0 Å². The lowest BCUT2D eigenvalue weighted by molar-refractivity contribution is 0.413. The van der Waals surface area contributed by atoms with Crippen LogP contribution < -0.4 is 14.8 Å². The van der Waals surface area contributed by atoms with Gasteiger partial charge in [0, 0.05) is 12.6 Å². The number of sulfonamides is 1. The van der Waals surface area contributed by atoms with Crippen LogP contribution >= 0.6 is 0 Å². The minimum atomic E-state index is -3.77. The molecule has 1 heterocycles. The third-order valence-corrected chi connectivity index (χ3v) is 5.15. The van der Waals surface area contributed by atoms with Crippen molar-refractivity contribution < 1.29 is 17.5 Å². The Kier molecular flexibility index (Phi) is 4.23. The first-order chi connectivity index (χ1) is 11.0. The van der Waals surface area contributed by atoms with Gasteiger partial charge >= 0.3 is 0 Å². The fraction of sp³-hybridized carbons (Fsp3) is 0.250. The van der Waals surface area contributed by atoms with E-state index in [-0.39, 0.29) is 16.3 Å². The summed E-state index contributed by atoms with van der Waals surface area (Å²) in [6.45, 7) is 1.57. The van der Waals surface area contributed by atoms with Crippen LogP contribution in [-0.2, 0) is 23.0 Å². The smallest absolute Gasteiger partial charge is 0.262 e. The molecule has 23 heavy (non-hydrogen) atoms. The van der Waals surface area contributed by atoms with Gasteiger partial charge in [-0.25, -0.2) is 12.8 Å². The molecule has 0 unspecified atom stereocenters. The van der Waals surface area contributed by atoms with Gasteiger partial charge in [0.2, 0.25) is 0 Å². The second-order valence-electron chi connectivity index (χ2n) is 5.31. The molecule has 0 spiro atoms. The molecule has 0 amide bonds. The highest BCUT2D eigenvalue weighted by atomic mass is 32.2. The van der Waals surface area contributed by atoms with Crippen LogP contribution in [0.4, 0.5) is 10.1 Å². The fourth-order valence-corrected chi connectivity index (χ4v) is 3.69. The number of fused-ring (bicyclic) bond motifs is 1. The first-order valence-electron chi connectivity index (χ1n) is 7.18. The summed E-state index contributed by atoms with van der Waals surface area (Å²) < 4.78 is 45.8. The zero-order valence-electron chi connectivity index (χ0n) is 12.6. The van der Waals surface area contributed by atoms with Gasteiger partial charge < -0.3 is 10.1 Å². The van der Waals surface area contributed by atoms with Crippen LogP contribution in [0.5, 0.6) is 5.75 Å². The molecule has 7 heteroatoms. The molecule has 2 N–H and O–H groups in total. The maximum Gasteiger partial charge on any atom is 0.262 e. The van der Waals surface area contributed by atoms with Crippen molar-refractivity contribution >= 4 is 15.7 Å². The first kappa shape index (κ1) is 15.8. The number of anilines is 1. The Hall–Kier alpha value is -2.12. The van der Waals surface area contributed by atoms with Crippen LogP contribution in [0.15, 0.2) is 41.3 Å². The molecule has 1 aliphatic rings. The van der Waals surface area contributed by atoms with Crippen molar-refractivity contribution in [3.05, 3.63) is 53.3 Å². The van der Waals surface area contributed by atoms with Gasteiger partial charge in [0.25, 0.3) is 10.0 Å². The van der Waals surface area contributed by atoms with E-state index in [4.69, 9.17) is 4.74 Å². The van der Waals surface area contributed by atoms with E-state index in [9.17, 15) is 12.8 Å². The lowest BCUT2D eigenvalue weighted by Gasteiger charge is -2.18. The molecule has 2 aromatic carbocycles. The number of ether oxygens (including phenoxy) is 1. The molecule has 0 aromatic heterocycles. The fourth-order valence-electron chi connectivity index (χ4n) is 2.57. The van der Waals surface area contributed by atoms with Crippen LogP contribution in [0.25, 0.3) is 0 Å². The van der Waals surface area contributed by atoms with Crippen LogP contribution in [0.1, 0.15) is 11.1 Å². The Labute approximate surface area is 134 Å². The third kappa shape index (κ3) is 3.30. The van der Waals surface area contributed by atoms with Crippen LogP contribution in [0.3, 0.4) is 0 Å². The van der Waals surface area contributed by atoms with E-state index in [0.29, 0.717) is 0 Å². The molecule has 0 bridgehead atoms. The van der Waals surface area contributed by atoms with Gasteiger partial charge in [-0.2, -0.15) is 0 Å². The summed E-state index contributed by atoms with van der Waals surface area (Å²) in [6, 6.07) is 8.74. The second kappa shape index (κ2) is 6.17. The number of halogens is 1. The van der Waals surface area contributed by atoms with Crippen molar-refractivity contribution in [2.75, 3.05) is 18.4 Å². The minimum absolute atomic E-state index is 0.135. The Balaban J connectivity index is 1.93. The molecule has 0 aliphatic carbocycles. The van der Waals surface area contributed by atoms with Crippen LogP contribution in [-0.4, -0.2) is 22.1 Å². The van der Waals surface area contributed by atoms with E-state index >= 15 is 0 Å². The zero-order chi connectivity index (χ0) is 16.4. The van der Waals surface area contributed by atoms with Gasteiger partial charge in [-0.05, 0) is 48.4 Å². The van der Waals surface area contributed by atoms with Crippen molar-refractivity contribution in [1.82, 2.24) is 5.32 Å². The van der Waals surface area contributed by atoms with E-state index in [1.54, 1.807) is 12.1 Å². The highest BCUT2D eigenvalue weighted by Crippen LogP contribution is 2.28. The van der Waals surface area contributed by atoms with E-state index in [1.807, 2.05) is 6.07 Å². The summed E-state index contributed by atoms with van der Waals surface area (Å²) in [4.78, 5) is 0.185. The average Bonchev–Trinajstić information content (AvgIpc) is 2.55. The molecule has 0 saturated heterocycles. The maximum absolute atomic E-state index is 13.2. The summed E-state index contributed by atoms with van der Waals surface area (Å²) in [5.41, 5.74) is 2.33. The monoisotopic (exact) mass is 336 g/mol.